The molecule has 0 saturated heterocycles. The number of hydrogen-bond donors (Lipinski definition) is 2. The van der Waals surface area contributed by atoms with Crippen LogP contribution in [-0.4, -0.2) is 36.7 Å². The molecule has 1 aromatic carbocycles. The van der Waals surface area contributed by atoms with Gasteiger partial charge in [-0.3, -0.25) is 9.59 Å². The van der Waals surface area contributed by atoms with Gasteiger partial charge >= 0.3 is 5.97 Å². The summed E-state index contributed by atoms with van der Waals surface area (Å²) >= 11 is 6.13. The predicted molar refractivity (Wildman–Crippen MR) is 83.0 cm³/mol. The molecule has 1 unspecified atom stereocenters. The summed E-state index contributed by atoms with van der Waals surface area (Å²) in [5.41, 5.74) is 0.280. The lowest BCUT2D eigenvalue weighted by Gasteiger charge is -2.15. The van der Waals surface area contributed by atoms with E-state index in [0.29, 0.717) is 18.1 Å². The molecule has 1 aromatic rings. The van der Waals surface area contributed by atoms with Crippen LogP contribution in [0.5, 0.6) is 11.5 Å². The summed E-state index contributed by atoms with van der Waals surface area (Å²) < 4.78 is 10.7. The Morgan fingerprint density at radius 2 is 2.09 bits per heavy atom. The van der Waals surface area contributed by atoms with Crippen molar-refractivity contribution in [1.82, 2.24) is 5.32 Å². The van der Waals surface area contributed by atoms with Crippen molar-refractivity contribution in [2.45, 2.75) is 32.7 Å². The summed E-state index contributed by atoms with van der Waals surface area (Å²) in [6.07, 6.45) is 0.655. The van der Waals surface area contributed by atoms with E-state index in [0.717, 1.165) is 6.42 Å². The van der Waals surface area contributed by atoms with E-state index in [-0.39, 0.29) is 17.0 Å². The minimum atomic E-state index is -0.980. The molecule has 6 nitrogen and oxygen atoms in total. The number of methoxy groups -OCH3 is 1. The molecule has 0 fully saturated rings. The third-order valence-corrected chi connectivity index (χ3v) is 3.08. The van der Waals surface area contributed by atoms with Gasteiger partial charge in [-0.1, -0.05) is 18.5 Å². The molecular weight excluding hydrogens is 310 g/mol. The minimum absolute atomic E-state index is 0.158. The first-order chi connectivity index (χ1) is 10.4. The van der Waals surface area contributed by atoms with Crippen LogP contribution in [0.15, 0.2) is 12.1 Å². The molecule has 0 radical (unpaired) electrons. The number of carboxylic acid groups (broad SMARTS) is 1. The first-order valence-corrected chi connectivity index (χ1v) is 7.29. The number of aliphatic carboxylic acids is 1. The summed E-state index contributed by atoms with van der Waals surface area (Å²) in [7, 11) is 1.46. The Hall–Kier alpha value is -1.95. The SMILES string of the molecule is CCCOc1c(Cl)cc(C(=O)NC(C)CC(=O)O)cc1OC. The molecule has 0 heterocycles. The summed E-state index contributed by atoms with van der Waals surface area (Å²) in [5, 5.41) is 11.6. The van der Waals surface area contributed by atoms with E-state index in [1.807, 2.05) is 6.92 Å². The van der Waals surface area contributed by atoms with Gasteiger partial charge in [0.2, 0.25) is 0 Å². The molecule has 2 N–H and O–H groups in total. The third-order valence-electron chi connectivity index (χ3n) is 2.80. The second-order valence-electron chi connectivity index (χ2n) is 4.81. The maximum Gasteiger partial charge on any atom is 0.305 e. The predicted octanol–water partition coefficient (Wildman–Crippen LogP) is 2.73. The van der Waals surface area contributed by atoms with Crippen LogP contribution in [0.2, 0.25) is 5.02 Å². The van der Waals surface area contributed by atoms with Crippen LogP contribution in [0.1, 0.15) is 37.0 Å². The Morgan fingerprint density at radius 1 is 1.41 bits per heavy atom. The highest BCUT2D eigenvalue weighted by Crippen LogP contribution is 2.36. The van der Waals surface area contributed by atoms with Gasteiger partial charge in [0.05, 0.1) is 25.2 Å². The first kappa shape index (κ1) is 18.1. The molecule has 1 rings (SSSR count). The summed E-state index contributed by atoms with van der Waals surface area (Å²) in [6, 6.07) is 2.49. The van der Waals surface area contributed by atoms with E-state index < -0.39 is 17.9 Å². The Balaban J connectivity index is 2.93. The zero-order valence-electron chi connectivity index (χ0n) is 12.8. The number of halogens is 1. The van der Waals surface area contributed by atoms with Gasteiger partial charge in [0.15, 0.2) is 11.5 Å². The van der Waals surface area contributed by atoms with Crippen molar-refractivity contribution in [3.05, 3.63) is 22.7 Å². The van der Waals surface area contributed by atoms with Crippen LogP contribution < -0.4 is 14.8 Å². The molecule has 0 saturated carbocycles. The Labute approximate surface area is 134 Å². The summed E-state index contributed by atoms with van der Waals surface area (Å²) in [4.78, 5) is 22.7. The second kappa shape index (κ2) is 8.48. The number of hydrogen-bond acceptors (Lipinski definition) is 4. The second-order valence-corrected chi connectivity index (χ2v) is 5.22. The van der Waals surface area contributed by atoms with Gasteiger partial charge in [-0.05, 0) is 25.5 Å². The van der Waals surface area contributed by atoms with E-state index in [4.69, 9.17) is 26.2 Å². The van der Waals surface area contributed by atoms with Gasteiger partial charge in [-0.15, -0.1) is 0 Å². The van der Waals surface area contributed by atoms with E-state index in [9.17, 15) is 9.59 Å². The monoisotopic (exact) mass is 329 g/mol. The maximum absolute atomic E-state index is 12.1. The van der Waals surface area contributed by atoms with Crippen LogP contribution in [0, 0.1) is 0 Å². The van der Waals surface area contributed by atoms with Crippen LogP contribution in [0.25, 0.3) is 0 Å². The van der Waals surface area contributed by atoms with E-state index >= 15 is 0 Å². The van der Waals surface area contributed by atoms with Crippen molar-refractivity contribution in [3.8, 4) is 11.5 Å². The number of carboxylic acids is 1. The van der Waals surface area contributed by atoms with E-state index in [1.165, 1.54) is 19.2 Å². The largest absolute Gasteiger partial charge is 0.493 e. The van der Waals surface area contributed by atoms with Crippen LogP contribution in [0.4, 0.5) is 0 Å². The fraction of sp³-hybridized carbons (Fsp3) is 0.467. The normalized spacial score (nSPS) is 11.6. The molecule has 0 aliphatic carbocycles. The number of ether oxygens (including phenoxy) is 2. The highest BCUT2D eigenvalue weighted by atomic mass is 35.5. The molecule has 7 heteroatoms. The number of carbonyl (C=O) groups is 2. The van der Waals surface area contributed by atoms with Gasteiger partial charge in [-0.2, -0.15) is 0 Å². The van der Waals surface area contributed by atoms with Gasteiger partial charge in [0.1, 0.15) is 0 Å². The zero-order valence-corrected chi connectivity index (χ0v) is 13.6. The van der Waals surface area contributed by atoms with Crippen molar-refractivity contribution in [2.24, 2.45) is 0 Å². The quantitative estimate of drug-likeness (QED) is 0.766. The number of rotatable bonds is 8. The van der Waals surface area contributed by atoms with Crippen LogP contribution in [0.3, 0.4) is 0 Å². The highest BCUT2D eigenvalue weighted by molar-refractivity contribution is 6.32. The fourth-order valence-electron chi connectivity index (χ4n) is 1.82. The van der Waals surface area contributed by atoms with Crippen molar-refractivity contribution in [2.75, 3.05) is 13.7 Å². The number of amides is 1. The maximum atomic E-state index is 12.1. The van der Waals surface area contributed by atoms with Crippen molar-refractivity contribution in [3.63, 3.8) is 0 Å². The van der Waals surface area contributed by atoms with Crippen LogP contribution in [-0.2, 0) is 4.79 Å². The van der Waals surface area contributed by atoms with Crippen molar-refractivity contribution < 1.29 is 24.2 Å². The highest BCUT2D eigenvalue weighted by Gasteiger charge is 2.18. The van der Waals surface area contributed by atoms with Gasteiger partial charge in [-0.25, -0.2) is 0 Å². The van der Waals surface area contributed by atoms with Gasteiger partial charge in [0, 0.05) is 11.6 Å². The lowest BCUT2D eigenvalue weighted by atomic mass is 10.1. The first-order valence-electron chi connectivity index (χ1n) is 6.92. The number of nitrogens with one attached hydrogen (secondary N) is 1. The smallest absolute Gasteiger partial charge is 0.305 e. The van der Waals surface area contributed by atoms with E-state index in [2.05, 4.69) is 5.32 Å². The molecule has 122 valence electrons. The standard InChI is InChI=1S/C15H20ClNO5/c1-4-5-22-14-11(16)7-10(8-12(14)21-3)15(20)17-9(2)6-13(18)19/h7-9H,4-6H2,1-3H3,(H,17,20)(H,18,19). The molecule has 22 heavy (non-hydrogen) atoms. The molecule has 1 atom stereocenters. The Bertz CT molecular complexity index is 547. The van der Waals surface area contributed by atoms with Crippen molar-refractivity contribution in [1.29, 1.82) is 0 Å². The number of carbonyl (C=O) groups excluding carboxylic acids is 1. The summed E-state index contributed by atoms with van der Waals surface area (Å²) in [6.45, 7) is 4.06. The minimum Gasteiger partial charge on any atom is -0.493 e. The lowest BCUT2D eigenvalue weighted by molar-refractivity contribution is -0.137. The molecule has 0 spiro atoms. The fourth-order valence-corrected chi connectivity index (χ4v) is 2.08. The van der Waals surface area contributed by atoms with Gasteiger partial charge < -0.3 is 19.9 Å². The average Bonchev–Trinajstić information content (AvgIpc) is 2.44. The molecule has 0 aliphatic heterocycles. The lowest BCUT2D eigenvalue weighted by Crippen LogP contribution is -2.34. The molecule has 0 aliphatic rings. The topological polar surface area (TPSA) is 84.9 Å². The van der Waals surface area contributed by atoms with Crippen LogP contribution >= 0.6 is 11.6 Å². The Kier molecular flexibility index (Phi) is 6.98. The van der Waals surface area contributed by atoms with Gasteiger partial charge in [0.25, 0.3) is 5.91 Å². The molecular formula is C15H20ClNO5. The average molecular weight is 330 g/mol. The summed E-state index contributed by atoms with van der Waals surface area (Å²) in [5.74, 6) is -0.652. The molecule has 0 aromatic heterocycles. The zero-order chi connectivity index (χ0) is 16.7. The van der Waals surface area contributed by atoms with Crippen molar-refractivity contribution >= 4 is 23.5 Å². The van der Waals surface area contributed by atoms with E-state index in [1.54, 1.807) is 6.92 Å². The Morgan fingerprint density at radius 3 is 2.64 bits per heavy atom. The number of benzene rings is 1. The molecule has 0 bridgehead atoms. The molecule has 1 amide bonds. The third kappa shape index (κ3) is 5.11.